The van der Waals surface area contributed by atoms with Gasteiger partial charge in [-0.25, -0.2) is 4.98 Å². The highest BCUT2D eigenvalue weighted by molar-refractivity contribution is 9.10. The van der Waals surface area contributed by atoms with E-state index >= 15 is 0 Å². The molecule has 4 rings (SSSR count). The Morgan fingerprint density at radius 2 is 1.79 bits per heavy atom. The molecule has 0 N–H and O–H groups in total. The number of aromatic nitrogens is 2. The molecule has 0 aliphatic rings. The van der Waals surface area contributed by atoms with E-state index in [2.05, 4.69) is 58.6 Å². The fourth-order valence-electron chi connectivity index (χ4n) is 3.95. The van der Waals surface area contributed by atoms with Gasteiger partial charge in [-0.05, 0) is 52.5 Å². The molecule has 1 aromatic heterocycles. The first-order chi connectivity index (χ1) is 15.8. The fourth-order valence-corrected chi connectivity index (χ4v) is 4.46. The van der Waals surface area contributed by atoms with Crippen LogP contribution < -0.4 is 9.47 Å². The van der Waals surface area contributed by atoms with Crippen LogP contribution in [-0.2, 0) is 13.7 Å². The van der Waals surface area contributed by atoms with Gasteiger partial charge < -0.3 is 14.0 Å². The monoisotopic (exact) mass is 506 g/mol. The Morgan fingerprint density at radius 3 is 2.42 bits per heavy atom. The van der Waals surface area contributed by atoms with Crippen LogP contribution in [0.2, 0.25) is 0 Å². The van der Waals surface area contributed by atoms with Crippen LogP contribution in [0.4, 0.5) is 0 Å². The van der Waals surface area contributed by atoms with Gasteiger partial charge in [0.15, 0.2) is 5.78 Å². The lowest BCUT2D eigenvalue weighted by Crippen LogP contribution is -2.03. The van der Waals surface area contributed by atoms with E-state index in [9.17, 15) is 4.79 Å². The zero-order valence-electron chi connectivity index (χ0n) is 19.5. The van der Waals surface area contributed by atoms with Crippen LogP contribution in [0.15, 0.2) is 59.1 Å². The topological polar surface area (TPSA) is 53.4 Å². The van der Waals surface area contributed by atoms with Gasteiger partial charge >= 0.3 is 0 Å². The maximum absolute atomic E-state index is 11.9. The maximum Gasteiger partial charge on any atom is 0.163 e. The Bertz CT molecular complexity index is 1320. The summed E-state index contributed by atoms with van der Waals surface area (Å²) in [5.41, 5.74) is 5.49. The SMILES string of the molecule is COc1cc(COc2ccccc2C(C)=O)c(Br)c2nc(-c3ccc(C(C)C)cc3)n(C)c12. The van der Waals surface area contributed by atoms with Crippen molar-refractivity contribution >= 4 is 32.7 Å². The second kappa shape index (κ2) is 9.40. The van der Waals surface area contributed by atoms with Crippen molar-refractivity contribution in [2.45, 2.75) is 33.3 Å². The number of hydrogen-bond donors (Lipinski definition) is 0. The minimum atomic E-state index is -0.0319. The molecular weight excluding hydrogens is 480 g/mol. The number of Topliss-reactive ketones (excluding diaryl/α,β-unsaturated/α-hetero) is 1. The third kappa shape index (κ3) is 4.40. The molecule has 33 heavy (non-hydrogen) atoms. The zero-order chi connectivity index (χ0) is 23.7. The van der Waals surface area contributed by atoms with Gasteiger partial charge in [0.1, 0.15) is 35.0 Å². The van der Waals surface area contributed by atoms with Gasteiger partial charge in [0.25, 0.3) is 0 Å². The van der Waals surface area contributed by atoms with E-state index in [1.54, 1.807) is 19.2 Å². The summed E-state index contributed by atoms with van der Waals surface area (Å²) < 4.78 is 14.7. The Labute approximate surface area is 202 Å². The lowest BCUT2D eigenvalue weighted by atomic mass is 10.0. The molecular formula is C27H27BrN2O3. The highest BCUT2D eigenvalue weighted by atomic mass is 79.9. The summed E-state index contributed by atoms with van der Waals surface area (Å²) >= 11 is 3.74. The Hall–Kier alpha value is -3.12. The van der Waals surface area contributed by atoms with Gasteiger partial charge in [0.05, 0.1) is 17.1 Å². The molecule has 0 aliphatic carbocycles. The summed E-state index contributed by atoms with van der Waals surface area (Å²) in [7, 11) is 3.65. The van der Waals surface area contributed by atoms with E-state index in [0.717, 1.165) is 32.5 Å². The molecule has 0 saturated carbocycles. The molecule has 170 valence electrons. The highest BCUT2D eigenvalue weighted by Crippen LogP contribution is 2.38. The third-order valence-electron chi connectivity index (χ3n) is 5.83. The number of carbonyl (C=O) groups excluding carboxylic acids is 1. The predicted molar refractivity (Wildman–Crippen MR) is 135 cm³/mol. The molecule has 0 amide bonds. The average molecular weight is 507 g/mol. The zero-order valence-corrected chi connectivity index (χ0v) is 21.1. The molecule has 5 nitrogen and oxygen atoms in total. The van der Waals surface area contributed by atoms with E-state index in [1.165, 1.54) is 12.5 Å². The average Bonchev–Trinajstić information content (AvgIpc) is 3.16. The Kier molecular flexibility index (Phi) is 6.56. The Morgan fingerprint density at radius 1 is 1.09 bits per heavy atom. The normalized spacial score (nSPS) is 11.2. The standard InChI is InChI=1S/C27H27BrN2O3/c1-16(2)18-10-12-19(13-11-18)27-29-25-24(28)20(14-23(32-5)26(25)30(27)4)15-33-22-9-7-6-8-21(22)17(3)31/h6-14,16H,15H2,1-5H3. The molecule has 6 heteroatoms. The lowest BCUT2D eigenvalue weighted by Gasteiger charge is -2.13. The van der Waals surface area contributed by atoms with E-state index in [0.29, 0.717) is 23.0 Å². The van der Waals surface area contributed by atoms with Crippen molar-refractivity contribution in [1.82, 2.24) is 9.55 Å². The van der Waals surface area contributed by atoms with Gasteiger partial charge in [-0.2, -0.15) is 0 Å². The minimum absolute atomic E-state index is 0.0319. The number of hydrogen-bond acceptors (Lipinski definition) is 4. The smallest absolute Gasteiger partial charge is 0.163 e. The number of benzene rings is 3. The van der Waals surface area contributed by atoms with Gasteiger partial charge in [-0.15, -0.1) is 0 Å². The van der Waals surface area contributed by atoms with Crippen molar-refractivity contribution in [2.24, 2.45) is 7.05 Å². The molecule has 0 radical (unpaired) electrons. The number of nitrogens with zero attached hydrogens (tertiary/aromatic N) is 2. The van der Waals surface area contributed by atoms with Crippen molar-refractivity contribution in [3.63, 3.8) is 0 Å². The first-order valence-electron chi connectivity index (χ1n) is 10.9. The highest BCUT2D eigenvalue weighted by Gasteiger charge is 2.20. The molecule has 0 spiro atoms. The molecule has 0 unspecified atom stereocenters. The van der Waals surface area contributed by atoms with Crippen LogP contribution >= 0.6 is 15.9 Å². The van der Waals surface area contributed by atoms with Crippen molar-refractivity contribution in [2.75, 3.05) is 7.11 Å². The number of aryl methyl sites for hydroxylation is 1. The van der Waals surface area contributed by atoms with Crippen LogP contribution in [0, 0.1) is 0 Å². The van der Waals surface area contributed by atoms with Crippen LogP contribution in [0.1, 0.15) is 48.2 Å². The van der Waals surface area contributed by atoms with Crippen molar-refractivity contribution in [1.29, 1.82) is 0 Å². The molecule has 4 aromatic rings. The van der Waals surface area contributed by atoms with Gasteiger partial charge in [0.2, 0.25) is 0 Å². The summed E-state index contributed by atoms with van der Waals surface area (Å²) in [4.78, 5) is 16.9. The second-order valence-electron chi connectivity index (χ2n) is 8.36. The molecule has 0 saturated heterocycles. The summed E-state index contributed by atoms with van der Waals surface area (Å²) in [5.74, 6) is 2.58. The Balaban J connectivity index is 1.75. The first kappa shape index (κ1) is 23.1. The minimum Gasteiger partial charge on any atom is -0.494 e. The first-order valence-corrected chi connectivity index (χ1v) is 11.7. The molecule has 1 heterocycles. The number of ether oxygens (including phenoxy) is 2. The second-order valence-corrected chi connectivity index (χ2v) is 9.15. The quantitative estimate of drug-likeness (QED) is 0.255. The number of halogens is 1. The summed E-state index contributed by atoms with van der Waals surface area (Å²) in [6.07, 6.45) is 0. The van der Waals surface area contributed by atoms with Crippen molar-refractivity contribution in [3.8, 4) is 22.9 Å². The number of para-hydroxylation sites is 1. The number of fused-ring (bicyclic) bond motifs is 1. The summed E-state index contributed by atoms with van der Waals surface area (Å²) in [6.45, 7) is 6.18. The van der Waals surface area contributed by atoms with Crippen LogP contribution in [0.25, 0.3) is 22.4 Å². The van der Waals surface area contributed by atoms with Crippen molar-refractivity contribution in [3.05, 3.63) is 75.8 Å². The fraction of sp³-hybridized carbons (Fsp3) is 0.259. The van der Waals surface area contributed by atoms with E-state index in [-0.39, 0.29) is 12.4 Å². The summed E-state index contributed by atoms with van der Waals surface area (Å²) in [6, 6.07) is 17.7. The molecule has 0 bridgehead atoms. The molecule has 0 fully saturated rings. The van der Waals surface area contributed by atoms with E-state index < -0.39 is 0 Å². The molecule has 0 atom stereocenters. The number of methoxy groups -OCH3 is 1. The van der Waals surface area contributed by atoms with Crippen LogP contribution in [-0.4, -0.2) is 22.4 Å². The lowest BCUT2D eigenvalue weighted by molar-refractivity contribution is 0.101. The number of rotatable bonds is 7. The summed E-state index contributed by atoms with van der Waals surface area (Å²) in [5, 5.41) is 0. The largest absolute Gasteiger partial charge is 0.494 e. The number of carbonyl (C=O) groups is 1. The van der Waals surface area contributed by atoms with E-state index in [1.807, 2.05) is 25.2 Å². The third-order valence-corrected chi connectivity index (χ3v) is 6.71. The predicted octanol–water partition coefficient (Wildman–Crippen LogP) is 6.92. The number of imidazole rings is 1. The number of ketones is 1. The van der Waals surface area contributed by atoms with Crippen LogP contribution in [0.5, 0.6) is 11.5 Å². The van der Waals surface area contributed by atoms with Gasteiger partial charge in [-0.1, -0.05) is 50.2 Å². The molecule has 0 aliphatic heterocycles. The maximum atomic E-state index is 11.9. The van der Waals surface area contributed by atoms with Gasteiger partial charge in [0, 0.05) is 18.2 Å². The van der Waals surface area contributed by atoms with Crippen LogP contribution in [0.3, 0.4) is 0 Å². The van der Waals surface area contributed by atoms with E-state index in [4.69, 9.17) is 14.5 Å². The van der Waals surface area contributed by atoms with Crippen molar-refractivity contribution < 1.29 is 14.3 Å². The molecule has 3 aromatic carbocycles. The van der Waals surface area contributed by atoms with Gasteiger partial charge in [-0.3, -0.25) is 4.79 Å².